The molecule has 1 aromatic carbocycles. The average Bonchev–Trinajstić information content (AvgIpc) is 2.67. The fourth-order valence-corrected chi connectivity index (χ4v) is 2.05. The lowest BCUT2D eigenvalue weighted by Gasteiger charge is -2.45. The van der Waals surface area contributed by atoms with E-state index >= 15 is 0 Å². The van der Waals surface area contributed by atoms with Crippen LogP contribution in [0.25, 0.3) is 11.1 Å². The van der Waals surface area contributed by atoms with Crippen LogP contribution in [0.5, 0.6) is 0 Å². The van der Waals surface area contributed by atoms with Crippen molar-refractivity contribution in [3.05, 3.63) is 24.0 Å². The quantitative estimate of drug-likeness (QED) is 0.865. The molecule has 0 atom stereocenters. The van der Waals surface area contributed by atoms with Crippen LogP contribution in [-0.2, 0) is 0 Å². The molecule has 0 spiro atoms. The summed E-state index contributed by atoms with van der Waals surface area (Å²) < 4.78 is 18.5. The lowest BCUT2D eigenvalue weighted by molar-refractivity contribution is 0.00580. The van der Waals surface area contributed by atoms with Crippen LogP contribution in [0.1, 0.15) is 13.3 Å². The summed E-state index contributed by atoms with van der Waals surface area (Å²) in [6.07, 6.45) is 0.707. The second-order valence-electron chi connectivity index (χ2n) is 4.54. The molecule has 17 heavy (non-hydrogen) atoms. The number of hydrogen-bond acceptors (Lipinski definition) is 4. The van der Waals surface area contributed by atoms with Crippen LogP contribution in [0.15, 0.2) is 22.6 Å². The Morgan fingerprint density at radius 1 is 1.53 bits per heavy atom. The molecule has 1 aliphatic rings. The number of β-amino-alcohol motifs (C(OH)–C–C–N with tert-alkyl or cyclic N) is 1. The van der Waals surface area contributed by atoms with Crippen molar-refractivity contribution in [2.24, 2.45) is 0 Å². The number of oxazole rings is 1. The van der Waals surface area contributed by atoms with E-state index in [9.17, 15) is 9.50 Å². The zero-order valence-electron chi connectivity index (χ0n) is 9.48. The molecular weight excluding hydrogens is 223 g/mol. The van der Waals surface area contributed by atoms with Crippen molar-refractivity contribution < 1.29 is 13.9 Å². The third-order valence-electron chi connectivity index (χ3n) is 3.24. The number of benzene rings is 1. The molecule has 0 amide bonds. The second-order valence-corrected chi connectivity index (χ2v) is 4.54. The topological polar surface area (TPSA) is 49.5 Å². The highest BCUT2D eigenvalue weighted by Gasteiger charge is 2.41. The molecule has 1 aromatic heterocycles. The van der Waals surface area contributed by atoms with Crippen LogP contribution in [0.3, 0.4) is 0 Å². The lowest BCUT2D eigenvalue weighted by atomic mass is 9.92. The van der Waals surface area contributed by atoms with Gasteiger partial charge in [0.15, 0.2) is 5.58 Å². The first-order chi connectivity index (χ1) is 8.09. The Morgan fingerprint density at radius 2 is 2.29 bits per heavy atom. The normalized spacial score (nSPS) is 18.4. The molecule has 1 fully saturated rings. The summed E-state index contributed by atoms with van der Waals surface area (Å²) in [5, 5.41) is 9.90. The van der Waals surface area contributed by atoms with Crippen LogP contribution >= 0.6 is 0 Å². The first-order valence-electron chi connectivity index (χ1n) is 5.63. The van der Waals surface area contributed by atoms with Crippen LogP contribution < -0.4 is 4.90 Å². The van der Waals surface area contributed by atoms with Crippen molar-refractivity contribution in [1.82, 2.24) is 4.98 Å². The molecule has 0 aliphatic carbocycles. The van der Waals surface area contributed by atoms with Gasteiger partial charge in [-0.05, 0) is 18.6 Å². The van der Waals surface area contributed by atoms with Crippen LogP contribution in [0.2, 0.25) is 0 Å². The molecule has 0 saturated carbocycles. The fraction of sp³-hybridized carbons (Fsp3) is 0.417. The Morgan fingerprint density at radius 3 is 3.00 bits per heavy atom. The standard InChI is InChI=1S/C12H13FN2O2/c1-2-12(16)6-15(7-12)11-14-9-5-8(13)3-4-10(9)17-11/h3-5,16H,2,6-7H2,1H3. The number of nitrogens with zero attached hydrogens (tertiary/aromatic N) is 2. The number of halogens is 1. The number of rotatable bonds is 2. The molecule has 2 heterocycles. The minimum atomic E-state index is -0.633. The van der Waals surface area contributed by atoms with E-state index in [1.807, 2.05) is 11.8 Å². The predicted molar refractivity (Wildman–Crippen MR) is 61.4 cm³/mol. The molecule has 0 bridgehead atoms. The third kappa shape index (κ3) is 1.67. The maximum Gasteiger partial charge on any atom is 0.298 e. The Balaban J connectivity index is 1.88. The van der Waals surface area contributed by atoms with Crippen molar-refractivity contribution in [1.29, 1.82) is 0 Å². The van der Waals surface area contributed by atoms with E-state index in [1.165, 1.54) is 12.1 Å². The van der Waals surface area contributed by atoms with Gasteiger partial charge in [0.25, 0.3) is 6.01 Å². The van der Waals surface area contributed by atoms with E-state index in [0.29, 0.717) is 36.6 Å². The van der Waals surface area contributed by atoms with Crippen LogP contribution in [-0.4, -0.2) is 28.8 Å². The van der Waals surface area contributed by atoms with Gasteiger partial charge in [0.2, 0.25) is 0 Å². The predicted octanol–water partition coefficient (Wildman–Crippen LogP) is 1.93. The van der Waals surface area contributed by atoms with Gasteiger partial charge in [-0.1, -0.05) is 6.92 Å². The van der Waals surface area contributed by atoms with E-state index < -0.39 is 5.60 Å². The van der Waals surface area contributed by atoms with Gasteiger partial charge in [0.05, 0.1) is 18.7 Å². The Bertz CT molecular complexity index is 561. The van der Waals surface area contributed by atoms with Gasteiger partial charge in [0.1, 0.15) is 11.3 Å². The Kier molecular flexibility index (Phi) is 2.13. The maximum absolute atomic E-state index is 13.0. The van der Waals surface area contributed by atoms with E-state index in [2.05, 4.69) is 4.98 Å². The molecule has 1 saturated heterocycles. The molecule has 5 heteroatoms. The van der Waals surface area contributed by atoms with E-state index in [0.717, 1.165) is 0 Å². The van der Waals surface area contributed by atoms with E-state index in [-0.39, 0.29) is 5.82 Å². The average molecular weight is 236 g/mol. The second kappa shape index (κ2) is 3.43. The molecule has 0 unspecified atom stereocenters. The summed E-state index contributed by atoms with van der Waals surface area (Å²) in [6, 6.07) is 4.69. The van der Waals surface area contributed by atoms with Gasteiger partial charge in [-0.2, -0.15) is 4.98 Å². The number of anilines is 1. The first-order valence-corrected chi connectivity index (χ1v) is 5.63. The summed E-state index contributed by atoms with van der Waals surface area (Å²) in [7, 11) is 0. The summed E-state index contributed by atoms with van der Waals surface area (Å²) >= 11 is 0. The molecule has 3 rings (SSSR count). The maximum atomic E-state index is 13.0. The van der Waals surface area contributed by atoms with Crippen LogP contribution in [0, 0.1) is 5.82 Å². The molecule has 4 nitrogen and oxygen atoms in total. The highest BCUT2D eigenvalue weighted by molar-refractivity contribution is 5.74. The molecule has 90 valence electrons. The summed E-state index contributed by atoms with van der Waals surface area (Å²) in [6.45, 7) is 2.97. The minimum absolute atomic E-state index is 0.328. The third-order valence-corrected chi connectivity index (χ3v) is 3.24. The summed E-state index contributed by atoms with van der Waals surface area (Å²) in [5.74, 6) is -0.328. The van der Waals surface area contributed by atoms with Gasteiger partial charge in [-0.3, -0.25) is 0 Å². The lowest BCUT2D eigenvalue weighted by Crippen LogP contribution is -2.61. The van der Waals surface area contributed by atoms with Crippen molar-refractivity contribution in [3.63, 3.8) is 0 Å². The van der Waals surface area contributed by atoms with Gasteiger partial charge in [-0.15, -0.1) is 0 Å². The molecule has 1 N–H and O–H groups in total. The fourth-order valence-electron chi connectivity index (χ4n) is 2.05. The minimum Gasteiger partial charge on any atom is -0.423 e. The van der Waals surface area contributed by atoms with Gasteiger partial charge in [-0.25, -0.2) is 4.39 Å². The van der Waals surface area contributed by atoms with Gasteiger partial charge < -0.3 is 14.4 Å². The van der Waals surface area contributed by atoms with Crippen molar-refractivity contribution in [3.8, 4) is 0 Å². The van der Waals surface area contributed by atoms with E-state index in [4.69, 9.17) is 4.42 Å². The Labute approximate surface area is 97.7 Å². The molecular formula is C12H13FN2O2. The Hall–Kier alpha value is -1.62. The van der Waals surface area contributed by atoms with Crippen LogP contribution in [0.4, 0.5) is 10.4 Å². The van der Waals surface area contributed by atoms with Crippen molar-refractivity contribution in [2.45, 2.75) is 18.9 Å². The number of fused-ring (bicyclic) bond motifs is 1. The highest BCUT2D eigenvalue weighted by atomic mass is 19.1. The molecule has 1 aliphatic heterocycles. The van der Waals surface area contributed by atoms with E-state index in [1.54, 1.807) is 6.07 Å². The summed E-state index contributed by atoms with van der Waals surface area (Å²) in [5.41, 5.74) is 0.437. The summed E-state index contributed by atoms with van der Waals surface area (Å²) in [4.78, 5) is 6.05. The first kappa shape index (κ1) is 10.5. The number of hydrogen-bond donors (Lipinski definition) is 1. The van der Waals surface area contributed by atoms with Gasteiger partial charge >= 0.3 is 0 Å². The van der Waals surface area contributed by atoms with Crippen molar-refractivity contribution in [2.75, 3.05) is 18.0 Å². The number of aliphatic hydroxyl groups is 1. The van der Waals surface area contributed by atoms with Gasteiger partial charge in [0, 0.05) is 6.07 Å². The highest BCUT2D eigenvalue weighted by Crippen LogP contribution is 2.31. The SMILES string of the molecule is CCC1(O)CN(c2nc3cc(F)ccc3o2)C1. The molecule has 2 aromatic rings. The number of aromatic nitrogens is 1. The smallest absolute Gasteiger partial charge is 0.298 e. The zero-order valence-corrected chi connectivity index (χ0v) is 9.48. The largest absolute Gasteiger partial charge is 0.423 e. The monoisotopic (exact) mass is 236 g/mol. The van der Waals surface area contributed by atoms with Crippen molar-refractivity contribution >= 4 is 17.1 Å². The zero-order chi connectivity index (χ0) is 12.0. The molecule has 0 radical (unpaired) electrons.